The number of carboxylic acids is 1. The third-order valence-electron chi connectivity index (χ3n) is 4.54. The number of para-hydroxylation sites is 1. The standard InChI is InChI=1S/C14H15N5O2/c20-13(21)11-8-10-6-7-12(11)18(10)14-15-16-17-19(14)9-4-2-1-3-5-9/h1-5,10-12H,6-8H2,(H,20,21). The van der Waals surface area contributed by atoms with Crippen LogP contribution in [0.1, 0.15) is 19.3 Å². The summed E-state index contributed by atoms with van der Waals surface area (Å²) in [5, 5.41) is 21.3. The van der Waals surface area contributed by atoms with Gasteiger partial charge in [-0.3, -0.25) is 4.79 Å². The number of benzene rings is 1. The van der Waals surface area contributed by atoms with Crippen molar-refractivity contribution in [3.05, 3.63) is 30.3 Å². The number of aromatic nitrogens is 4. The van der Waals surface area contributed by atoms with Gasteiger partial charge in [0.05, 0.1) is 11.6 Å². The molecule has 0 amide bonds. The van der Waals surface area contributed by atoms with Crippen LogP contribution in [0.3, 0.4) is 0 Å². The third kappa shape index (κ3) is 1.80. The molecule has 1 aromatic carbocycles. The topological polar surface area (TPSA) is 84.1 Å². The molecule has 108 valence electrons. The molecule has 7 nitrogen and oxygen atoms in total. The summed E-state index contributed by atoms with van der Waals surface area (Å²) in [6.07, 6.45) is 2.58. The second-order valence-corrected chi connectivity index (χ2v) is 5.61. The van der Waals surface area contributed by atoms with E-state index in [1.165, 1.54) is 0 Å². The lowest BCUT2D eigenvalue weighted by Gasteiger charge is -2.23. The Morgan fingerprint density at radius 1 is 1.24 bits per heavy atom. The van der Waals surface area contributed by atoms with E-state index in [-0.39, 0.29) is 18.0 Å². The second-order valence-electron chi connectivity index (χ2n) is 5.61. The zero-order chi connectivity index (χ0) is 14.4. The van der Waals surface area contributed by atoms with Crippen molar-refractivity contribution in [2.45, 2.75) is 31.3 Å². The normalized spacial score (nSPS) is 27.2. The summed E-state index contributed by atoms with van der Waals surface area (Å²) < 4.78 is 1.69. The van der Waals surface area contributed by atoms with Crippen molar-refractivity contribution in [1.82, 2.24) is 20.2 Å². The molecule has 3 unspecified atom stereocenters. The first-order chi connectivity index (χ1) is 10.3. The summed E-state index contributed by atoms with van der Waals surface area (Å²) in [7, 11) is 0. The number of anilines is 1. The molecule has 0 aliphatic carbocycles. The minimum absolute atomic E-state index is 0.000891. The van der Waals surface area contributed by atoms with Gasteiger partial charge < -0.3 is 10.0 Å². The van der Waals surface area contributed by atoms with Crippen molar-refractivity contribution in [2.75, 3.05) is 4.90 Å². The molecule has 2 aliphatic heterocycles. The molecule has 7 heteroatoms. The Hall–Kier alpha value is -2.44. The largest absolute Gasteiger partial charge is 0.481 e. The van der Waals surface area contributed by atoms with E-state index in [1.807, 2.05) is 30.3 Å². The van der Waals surface area contributed by atoms with Gasteiger partial charge in [-0.15, -0.1) is 0 Å². The molecule has 2 fully saturated rings. The zero-order valence-corrected chi connectivity index (χ0v) is 11.3. The fourth-order valence-electron chi connectivity index (χ4n) is 3.65. The van der Waals surface area contributed by atoms with Crippen LogP contribution in [-0.4, -0.2) is 43.4 Å². The molecule has 4 rings (SSSR count). The number of carboxylic acid groups (broad SMARTS) is 1. The Morgan fingerprint density at radius 2 is 2.05 bits per heavy atom. The average molecular weight is 285 g/mol. The lowest BCUT2D eigenvalue weighted by molar-refractivity contribution is -0.142. The fraction of sp³-hybridized carbons (Fsp3) is 0.429. The van der Waals surface area contributed by atoms with Crippen LogP contribution in [-0.2, 0) is 4.79 Å². The van der Waals surface area contributed by atoms with Gasteiger partial charge in [-0.05, 0) is 41.8 Å². The number of nitrogens with zero attached hydrogens (tertiary/aromatic N) is 5. The number of fused-ring (bicyclic) bond motifs is 2. The Balaban J connectivity index is 1.73. The Labute approximate surface area is 121 Å². The summed E-state index contributed by atoms with van der Waals surface area (Å²) >= 11 is 0. The first-order valence-electron chi connectivity index (χ1n) is 7.10. The van der Waals surface area contributed by atoms with E-state index in [1.54, 1.807) is 4.68 Å². The van der Waals surface area contributed by atoms with E-state index >= 15 is 0 Å². The number of hydrogen-bond acceptors (Lipinski definition) is 5. The van der Waals surface area contributed by atoms with E-state index < -0.39 is 5.97 Å². The molecule has 0 saturated carbocycles. The van der Waals surface area contributed by atoms with Crippen molar-refractivity contribution in [1.29, 1.82) is 0 Å². The van der Waals surface area contributed by atoms with Crippen LogP contribution >= 0.6 is 0 Å². The summed E-state index contributed by atoms with van der Waals surface area (Å²) in [5.74, 6) is -0.381. The van der Waals surface area contributed by atoms with E-state index in [0.717, 1.165) is 18.5 Å². The van der Waals surface area contributed by atoms with Crippen LogP contribution in [0.5, 0.6) is 0 Å². The highest BCUT2D eigenvalue weighted by molar-refractivity contribution is 5.73. The van der Waals surface area contributed by atoms with Crippen molar-refractivity contribution >= 4 is 11.9 Å². The van der Waals surface area contributed by atoms with Crippen molar-refractivity contribution in [2.24, 2.45) is 5.92 Å². The van der Waals surface area contributed by atoms with Crippen LogP contribution in [0, 0.1) is 5.92 Å². The SMILES string of the molecule is O=C(O)C1CC2CCC1N2c1nnnn1-c1ccccc1. The van der Waals surface area contributed by atoms with Gasteiger partial charge in [0.15, 0.2) is 0 Å². The van der Waals surface area contributed by atoms with Gasteiger partial charge in [-0.1, -0.05) is 23.3 Å². The van der Waals surface area contributed by atoms with Gasteiger partial charge in [0.2, 0.25) is 0 Å². The number of rotatable bonds is 3. The molecule has 2 aromatic rings. The molecule has 2 aliphatic rings. The highest BCUT2D eigenvalue weighted by atomic mass is 16.4. The first-order valence-corrected chi connectivity index (χ1v) is 7.10. The van der Waals surface area contributed by atoms with Crippen LogP contribution in [0.2, 0.25) is 0 Å². The summed E-state index contributed by atoms with van der Waals surface area (Å²) in [6, 6.07) is 9.90. The minimum atomic E-state index is -0.717. The molecule has 3 heterocycles. The zero-order valence-electron chi connectivity index (χ0n) is 11.3. The second kappa shape index (κ2) is 4.54. The maximum atomic E-state index is 11.4. The third-order valence-corrected chi connectivity index (χ3v) is 4.54. The molecule has 1 aromatic heterocycles. The lowest BCUT2D eigenvalue weighted by atomic mass is 9.89. The van der Waals surface area contributed by atoms with Crippen molar-refractivity contribution in [3.8, 4) is 5.69 Å². The van der Waals surface area contributed by atoms with Crippen molar-refractivity contribution < 1.29 is 9.90 Å². The van der Waals surface area contributed by atoms with Crippen LogP contribution in [0.15, 0.2) is 30.3 Å². The van der Waals surface area contributed by atoms with E-state index in [4.69, 9.17) is 0 Å². The molecule has 21 heavy (non-hydrogen) atoms. The lowest BCUT2D eigenvalue weighted by Crippen LogP contribution is -2.34. The van der Waals surface area contributed by atoms with Crippen LogP contribution in [0.4, 0.5) is 5.95 Å². The highest BCUT2D eigenvalue weighted by Crippen LogP contribution is 2.44. The molecule has 3 atom stereocenters. The van der Waals surface area contributed by atoms with E-state index in [0.29, 0.717) is 12.4 Å². The Kier molecular flexibility index (Phi) is 2.66. The maximum absolute atomic E-state index is 11.4. The highest BCUT2D eigenvalue weighted by Gasteiger charge is 2.51. The predicted molar refractivity (Wildman–Crippen MR) is 74.2 cm³/mol. The molecule has 2 saturated heterocycles. The van der Waals surface area contributed by atoms with Gasteiger partial charge >= 0.3 is 5.97 Å². The van der Waals surface area contributed by atoms with Gasteiger partial charge in [-0.25, -0.2) is 0 Å². The monoisotopic (exact) mass is 285 g/mol. The smallest absolute Gasteiger partial charge is 0.308 e. The summed E-state index contributed by atoms with van der Waals surface area (Å²) in [4.78, 5) is 13.5. The molecule has 0 radical (unpaired) electrons. The Morgan fingerprint density at radius 3 is 2.76 bits per heavy atom. The first kappa shape index (κ1) is 12.3. The Bertz CT molecular complexity index is 671. The van der Waals surface area contributed by atoms with Gasteiger partial charge in [0.1, 0.15) is 0 Å². The molecular formula is C14H15N5O2. The van der Waals surface area contributed by atoms with Crippen LogP contribution in [0.25, 0.3) is 5.69 Å². The average Bonchev–Trinajstić information content (AvgIpc) is 3.20. The van der Waals surface area contributed by atoms with Gasteiger partial charge in [-0.2, -0.15) is 4.68 Å². The molecule has 0 spiro atoms. The molecule has 2 bridgehead atoms. The fourth-order valence-corrected chi connectivity index (χ4v) is 3.65. The quantitative estimate of drug-likeness (QED) is 0.909. The van der Waals surface area contributed by atoms with E-state index in [2.05, 4.69) is 20.4 Å². The van der Waals surface area contributed by atoms with Crippen molar-refractivity contribution in [3.63, 3.8) is 0 Å². The minimum Gasteiger partial charge on any atom is -0.481 e. The summed E-state index contributed by atoms with van der Waals surface area (Å²) in [5.41, 5.74) is 0.885. The predicted octanol–water partition coefficient (Wildman–Crippen LogP) is 1.10. The van der Waals surface area contributed by atoms with Crippen LogP contribution < -0.4 is 4.90 Å². The van der Waals surface area contributed by atoms with Gasteiger partial charge in [0, 0.05) is 12.1 Å². The number of carbonyl (C=O) groups is 1. The number of aliphatic carboxylic acids is 1. The molecular weight excluding hydrogens is 270 g/mol. The number of tetrazole rings is 1. The maximum Gasteiger partial charge on any atom is 0.308 e. The van der Waals surface area contributed by atoms with Gasteiger partial charge in [0.25, 0.3) is 5.95 Å². The summed E-state index contributed by atoms with van der Waals surface area (Å²) in [6.45, 7) is 0. The van der Waals surface area contributed by atoms with E-state index in [9.17, 15) is 9.90 Å². The number of hydrogen-bond donors (Lipinski definition) is 1. The molecule has 1 N–H and O–H groups in total.